The highest BCUT2D eigenvalue weighted by atomic mass is 16.7. The monoisotopic (exact) mass is 102 g/mol. The minimum Gasteiger partial charge on any atom is -0.342 e. The quantitative estimate of drug-likeness (QED) is 0.223. The van der Waals surface area contributed by atoms with E-state index in [1.807, 2.05) is 0 Å². The van der Waals surface area contributed by atoms with Gasteiger partial charge in [-0.05, 0) is 5.53 Å². The lowest BCUT2D eigenvalue weighted by molar-refractivity contribution is 0.159. The van der Waals surface area contributed by atoms with Crippen molar-refractivity contribution in [3.05, 3.63) is 10.4 Å². The largest absolute Gasteiger partial charge is 0.416 e. The topological polar surface area (TPSA) is 101 Å². The Balaban J connectivity index is 3.32. The Hall–Kier alpha value is -1.42. The predicted molar refractivity (Wildman–Crippen MR) is 19.8 cm³/mol. The molecule has 0 rings (SSSR count). The lowest BCUT2D eigenvalue weighted by Crippen LogP contribution is -2.08. The van der Waals surface area contributed by atoms with Crippen molar-refractivity contribution in [1.82, 2.24) is 0 Å². The molecule has 0 aliphatic rings. The highest BCUT2D eigenvalue weighted by Crippen LogP contribution is 1.71. The molecule has 0 spiro atoms. The van der Waals surface area contributed by atoms with Crippen LogP contribution in [-0.4, -0.2) is 6.09 Å². The Labute approximate surface area is 38.4 Å². The van der Waals surface area contributed by atoms with Crippen molar-refractivity contribution >= 4 is 6.09 Å². The lowest BCUT2D eigenvalue weighted by atomic mass is 11.3. The van der Waals surface area contributed by atoms with Crippen molar-refractivity contribution in [3.63, 3.8) is 0 Å². The zero-order chi connectivity index (χ0) is 5.70. The zero-order valence-electron chi connectivity index (χ0n) is 3.24. The minimum absolute atomic E-state index is 1.11. The Kier molecular flexibility index (Phi) is 2.23. The number of hydrogen-bond acceptors (Lipinski definition) is 3. The van der Waals surface area contributed by atoms with Gasteiger partial charge in [-0.15, -0.1) is 0 Å². The van der Waals surface area contributed by atoms with Gasteiger partial charge in [-0.1, -0.05) is 0 Å². The fraction of sp³-hybridized carbons (Fsp3) is 0. The number of nitrogens with two attached hydrogens (primary N) is 1. The minimum atomic E-state index is -1.11. The van der Waals surface area contributed by atoms with Crippen LogP contribution in [0.2, 0.25) is 0 Å². The van der Waals surface area contributed by atoms with E-state index in [2.05, 4.69) is 20.8 Å². The van der Waals surface area contributed by atoms with Crippen LogP contribution in [0.1, 0.15) is 0 Å². The summed E-state index contributed by atoms with van der Waals surface area (Å²) in [5.74, 6) is 0. The smallest absolute Gasteiger partial charge is 0.342 e. The molecule has 0 saturated heterocycles. The predicted octanol–water partition coefficient (Wildman–Crippen LogP) is 0.307. The average Bonchev–Trinajstić information content (AvgIpc) is 1.61. The number of azide groups is 1. The summed E-state index contributed by atoms with van der Waals surface area (Å²) in [5, 5.41) is 2.38. The summed E-state index contributed by atoms with van der Waals surface area (Å²) >= 11 is 0. The summed E-state index contributed by atoms with van der Waals surface area (Å²) in [6.07, 6.45) is -1.11. The summed E-state index contributed by atoms with van der Waals surface area (Å²) in [7, 11) is 0. The second kappa shape index (κ2) is 2.80. The summed E-state index contributed by atoms with van der Waals surface area (Å²) < 4.78 is 0. The molecule has 38 valence electrons. The summed E-state index contributed by atoms with van der Waals surface area (Å²) in [4.78, 5) is 15.1. The van der Waals surface area contributed by atoms with Crippen molar-refractivity contribution in [3.8, 4) is 0 Å². The van der Waals surface area contributed by atoms with E-state index in [0.717, 1.165) is 0 Å². The van der Waals surface area contributed by atoms with Gasteiger partial charge >= 0.3 is 6.09 Å². The molecule has 0 heterocycles. The van der Waals surface area contributed by atoms with E-state index in [0.29, 0.717) is 0 Å². The van der Waals surface area contributed by atoms with Crippen LogP contribution in [-0.2, 0) is 4.84 Å². The molecule has 0 aromatic carbocycles. The molecule has 2 N–H and O–H groups in total. The molecule has 0 bridgehead atoms. The molecule has 0 aliphatic heterocycles. The van der Waals surface area contributed by atoms with Gasteiger partial charge in [0.1, 0.15) is 5.28 Å². The third kappa shape index (κ3) is 4.58. The van der Waals surface area contributed by atoms with Crippen LogP contribution in [0.25, 0.3) is 10.4 Å². The van der Waals surface area contributed by atoms with E-state index >= 15 is 0 Å². The van der Waals surface area contributed by atoms with Gasteiger partial charge in [-0.25, -0.2) is 4.79 Å². The number of rotatable bonds is 1. The van der Waals surface area contributed by atoms with Gasteiger partial charge in [0.2, 0.25) is 0 Å². The van der Waals surface area contributed by atoms with Gasteiger partial charge in [0.25, 0.3) is 0 Å². The lowest BCUT2D eigenvalue weighted by Gasteiger charge is -1.79. The number of carbonyl (C=O) groups excluding carboxylic acids is 1. The van der Waals surface area contributed by atoms with E-state index in [1.165, 1.54) is 0 Å². The number of hydrogen-bond donors (Lipinski definition) is 1. The van der Waals surface area contributed by atoms with Crippen molar-refractivity contribution < 1.29 is 9.63 Å². The van der Waals surface area contributed by atoms with Crippen LogP contribution in [0.3, 0.4) is 0 Å². The SMILES string of the molecule is [N-]=[N+]=NOC(N)=O. The highest BCUT2D eigenvalue weighted by molar-refractivity contribution is 5.64. The first-order valence-electron chi connectivity index (χ1n) is 1.28. The van der Waals surface area contributed by atoms with Crippen LogP contribution in [0, 0.1) is 0 Å². The number of primary amides is 1. The molecule has 6 nitrogen and oxygen atoms in total. The Morgan fingerprint density at radius 3 is 2.71 bits per heavy atom. The molecule has 6 heteroatoms. The second-order valence-corrected chi connectivity index (χ2v) is 0.581. The van der Waals surface area contributed by atoms with Crippen LogP contribution < -0.4 is 5.73 Å². The molecular weight excluding hydrogens is 100 g/mol. The zero-order valence-corrected chi connectivity index (χ0v) is 3.24. The van der Waals surface area contributed by atoms with Crippen LogP contribution in [0.15, 0.2) is 5.28 Å². The maximum atomic E-state index is 9.49. The molecule has 7 heavy (non-hydrogen) atoms. The van der Waals surface area contributed by atoms with Gasteiger partial charge in [-0.2, -0.15) is 0 Å². The van der Waals surface area contributed by atoms with E-state index in [4.69, 9.17) is 5.53 Å². The average molecular weight is 102 g/mol. The third-order valence-electron chi connectivity index (χ3n) is 0.167. The number of nitrogens with zero attached hydrogens (tertiary/aromatic N) is 3. The highest BCUT2D eigenvalue weighted by Gasteiger charge is 1.82. The Morgan fingerprint density at radius 1 is 2.00 bits per heavy atom. The summed E-state index contributed by atoms with van der Waals surface area (Å²) in [5.41, 5.74) is 11.8. The summed E-state index contributed by atoms with van der Waals surface area (Å²) in [6, 6.07) is 0. The Morgan fingerprint density at radius 2 is 2.57 bits per heavy atom. The molecule has 0 saturated carbocycles. The molecule has 0 aromatic heterocycles. The first-order valence-corrected chi connectivity index (χ1v) is 1.28. The number of carbonyl (C=O) groups is 1. The second-order valence-electron chi connectivity index (χ2n) is 0.581. The maximum Gasteiger partial charge on any atom is 0.416 e. The van der Waals surface area contributed by atoms with Gasteiger partial charge < -0.3 is 10.6 Å². The molecular formula is CH2N4O2. The van der Waals surface area contributed by atoms with Crippen molar-refractivity contribution in [2.45, 2.75) is 0 Å². The van der Waals surface area contributed by atoms with E-state index in [1.54, 1.807) is 0 Å². The van der Waals surface area contributed by atoms with E-state index in [-0.39, 0.29) is 0 Å². The van der Waals surface area contributed by atoms with Crippen molar-refractivity contribution in [1.29, 1.82) is 0 Å². The van der Waals surface area contributed by atoms with Crippen LogP contribution in [0.5, 0.6) is 0 Å². The first kappa shape index (κ1) is 5.58. The Bertz CT molecular complexity index is 113. The first-order chi connectivity index (χ1) is 3.27. The van der Waals surface area contributed by atoms with Crippen LogP contribution in [0.4, 0.5) is 4.79 Å². The molecule has 0 fully saturated rings. The maximum absolute atomic E-state index is 9.49. The van der Waals surface area contributed by atoms with Gasteiger partial charge in [0, 0.05) is 4.91 Å². The van der Waals surface area contributed by atoms with Gasteiger partial charge in [0.05, 0.1) is 0 Å². The fourth-order valence-electron chi connectivity index (χ4n) is 0.0585. The standard InChI is InChI=1S/CH2N4O2/c2-1(6)7-5-4-3/h(H2,2,6). The molecule has 0 atom stereocenters. The molecule has 0 aliphatic carbocycles. The van der Waals surface area contributed by atoms with Crippen molar-refractivity contribution in [2.24, 2.45) is 11.0 Å². The van der Waals surface area contributed by atoms with E-state index in [9.17, 15) is 4.79 Å². The fourth-order valence-corrected chi connectivity index (χ4v) is 0.0585. The third-order valence-corrected chi connectivity index (χ3v) is 0.167. The number of amides is 1. The van der Waals surface area contributed by atoms with Gasteiger partial charge in [-0.3, -0.25) is 0 Å². The molecule has 0 aromatic rings. The van der Waals surface area contributed by atoms with Crippen LogP contribution >= 0.6 is 0 Å². The normalized spacial score (nSPS) is 6.29. The van der Waals surface area contributed by atoms with Crippen molar-refractivity contribution in [2.75, 3.05) is 0 Å². The summed E-state index contributed by atoms with van der Waals surface area (Å²) in [6.45, 7) is 0. The molecule has 0 radical (unpaired) electrons. The van der Waals surface area contributed by atoms with E-state index < -0.39 is 6.09 Å². The van der Waals surface area contributed by atoms with Gasteiger partial charge in [0.15, 0.2) is 0 Å². The molecule has 1 amide bonds. The molecule has 0 unspecified atom stereocenters.